The molecule has 2 aliphatic heterocycles. The molecule has 1 aliphatic carbocycles. The number of hydrogen-bond donors (Lipinski definition) is 4. The zero-order valence-electron chi connectivity index (χ0n) is 21.0. The molecule has 0 radical (unpaired) electrons. The van der Waals surface area contributed by atoms with Crippen molar-refractivity contribution in [2.45, 2.75) is 69.8 Å². The molecule has 1 aromatic carbocycles. The van der Waals surface area contributed by atoms with E-state index in [4.69, 9.17) is 4.74 Å². The van der Waals surface area contributed by atoms with Gasteiger partial charge >= 0.3 is 5.97 Å². The van der Waals surface area contributed by atoms with Crippen LogP contribution in [0.2, 0.25) is 0 Å². The number of phenols is 1. The number of hydrogen-bond acceptors (Lipinski definition) is 6. The minimum atomic E-state index is -1.63. The van der Waals surface area contributed by atoms with Crippen LogP contribution in [0.4, 0.5) is 0 Å². The summed E-state index contributed by atoms with van der Waals surface area (Å²) in [6, 6.07) is 6.41. The number of esters is 1. The number of carbonyl (C=O) groups is 2. The van der Waals surface area contributed by atoms with Crippen molar-refractivity contribution in [3.63, 3.8) is 0 Å². The van der Waals surface area contributed by atoms with Crippen LogP contribution in [0.1, 0.15) is 45.1 Å². The fourth-order valence-corrected chi connectivity index (χ4v) is 6.11. The molecule has 1 spiro atoms. The highest BCUT2D eigenvalue weighted by Crippen LogP contribution is 2.52. The maximum atomic E-state index is 13.8. The van der Waals surface area contributed by atoms with Crippen molar-refractivity contribution in [1.82, 2.24) is 5.32 Å². The van der Waals surface area contributed by atoms with Gasteiger partial charge in [0.15, 0.2) is 0 Å². The van der Waals surface area contributed by atoms with Crippen molar-refractivity contribution in [3.05, 3.63) is 66.3 Å². The second kappa shape index (κ2) is 10.6. The van der Waals surface area contributed by atoms with E-state index in [0.29, 0.717) is 24.3 Å². The number of ether oxygens (including phenoxy) is 1. The van der Waals surface area contributed by atoms with Gasteiger partial charge in [-0.2, -0.15) is 0 Å². The van der Waals surface area contributed by atoms with E-state index in [1.54, 1.807) is 24.3 Å². The number of allylic oxidation sites excluding steroid dienone is 1. The molecule has 4 rings (SSSR count). The van der Waals surface area contributed by atoms with Gasteiger partial charge in [0.25, 0.3) is 5.91 Å². The van der Waals surface area contributed by atoms with Crippen LogP contribution in [0, 0.1) is 23.7 Å². The summed E-state index contributed by atoms with van der Waals surface area (Å²) in [5, 5.41) is 34.3. The van der Waals surface area contributed by atoms with Gasteiger partial charge in [0, 0.05) is 18.0 Å². The lowest BCUT2D eigenvalue weighted by atomic mass is 9.59. The molecule has 3 aliphatic rings. The molecule has 36 heavy (non-hydrogen) atoms. The summed E-state index contributed by atoms with van der Waals surface area (Å²) in [6.07, 6.45) is 8.04. The first kappa shape index (κ1) is 26.2. The second-order valence-corrected chi connectivity index (χ2v) is 10.7. The number of aromatic hydroxyl groups is 1. The fraction of sp³-hybridized carbons (Fsp3) is 0.517. The molecule has 2 heterocycles. The molecule has 8 atom stereocenters. The van der Waals surface area contributed by atoms with E-state index in [0.717, 1.165) is 24.8 Å². The molecule has 7 nitrogen and oxygen atoms in total. The fourth-order valence-electron chi connectivity index (χ4n) is 6.11. The third-order valence-electron chi connectivity index (χ3n) is 8.13. The van der Waals surface area contributed by atoms with Gasteiger partial charge in [-0.25, -0.2) is 4.79 Å². The Morgan fingerprint density at radius 2 is 1.83 bits per heavy atom. The molecule has 7 heteroatoms. The van der Waals surface area contributed by atoms with E-state index in [9.17, 15) is 24.9 Å². The van der Waals surface area contributed by atoms with Crippen molar-refractivity contribution < 1.29 is 29.6 Å². The van der Waals surface area contributed by atoms with E-state index in [2.05, 4.69) is 18.8 Å². The molecule has 1 saturated heterocycles. The van der Waals surface area contributed by atoms with Crippen molar-refractivity contribution in [2.24, 2.45) is 23.7 Å². The predicted molar refractivity (Wildman–Crippen MR) is 136 cm³/mol. The summed E-state index contributed by atoms with van der Waals surface area (Å²) in [4.78, 5) is 26.8. The van der Waals surface area contributed by atoms with E-state index < -0.39 is 41.5 Å². The van der Waals surface area contributed by atoms with E-state index in [1.807, 2.05) is 19.1 Å². The normalized spacial score (nSPS) is 39.2. The Hall–Kier alpha value is -2.90. The summed E-state index contributed by atoms with van der Waals surface area (Å²) in [5.74, 6) is -2.24. The lowest BCUT2D eigenvalue weighted by Crippen LogP contribution is -2.61. The first-order valence-corrected chi connectivity index (χ1v) is 12.8. The Morgan fingerprint density at radius 1 is 1.11 bits per heavy atom. The van der Waals surface area contributed by atoms with Gasteiger partial charge < -0.3 is 25.4 Å². The highest BCUT2D eigenvalue weighted by atomic mass is 16.6. The highest BCUT2D eigenvalue weighted by Gasteiger charge is 2.67. The van der Waals surface area contributed by atoms with Gasteiger partial charge in [0.2, 0.25) is 5.60 Å². The molecule has 1 amide bonds. The van der Waals surface area contributed by atoms with Gasteiger partial charge in [0.1, 0.15) is 5.75 Å². The monoisotopic (exact) mass is 495 g/mol. The quantitative estimate of drug-likeness (QED) is 0.370. The molecule has 0 aromatic heterocycles. The van der Waals surface area contributed by atoms with E-state index in [-0.39, 0.29) is 17.7 Å². The summed E-state index contributed by atoms with van der Waals surface area (Å²) >= 11 is 0. The molecule has 194 valence electrons. The standard InChI is InChI=1S/C29H37NO6/c1-17-6-4-8-21(31)14-15-25(33)36-29-23(9-5-7-17)27(34)19(3)18(2)26(29)24(30-28(29)35)16-20-10-12-22(32)13-11-20/h5,9-15,17-18,21,23-24,26-27,31-32,34H,3-4,6-8,16H2,1-2H3,(H,30,35)/b9-5+,15-14+/t17-,18?,21-,23?,24+,26?,27-,29-/m1/s1. The first-order valence-electron chi connectivity index (χ1n) is 12.8. The smallest absolute Gasteiger partial charge is 0.331 e. The zero-order chi connectivity index (χ0) is 26.0. The molecule has 0 bridgehead atoms. The Morgan fingerprint density at radius 3 is 2.56 bits per heavy atom. The van der Waals surface area contributed by atoms with Gasteiger partial charge in [-0.3, -0.25) is 4.79 Å². The Kier molecular flexibility index (Phi) is 7.71. The minimum absolute atomic E-state index is 0.154. The number of nitrogens with one attached hydrogen (secondary N) is 1. The molecule has 1 aromatic rings. The molecule has 4 N–H and O–H groups in total. The van der Waals surface area contributed by atoms with Crippen molar-refractivity contribution in [3.8, 4) is 5.75 Å². The Labute approximate surface area is 212 Å². The predicted octanol–water partition coefficient (Wildman–Crippen LogP) is 3.20. The number of aliphatic hydroxyl groups is 2. The second-order valence-electron chi connectivity index (χ2n) is 10.7. The molecule has 1 saturated carbocycles. The van der Waals surface area contributed by atoms with Gasteiger partial charge in [-0.15, -0.1) is 0 Å². The maximum absolute atomic E-state index is 13.8. The lowest BCUT2D eigenvalue weighted by Gasteiger charge is -2.49. The van der Waals surface area contributed by atoms with Crippen LogP contribution in [0.25, 0.3) is 0 Å². The SMILES string of the molecule is C=C1C(C)C2[C@H](Cc3ccc(O)cc3)NC(=O)[C@]23OC(=O)/C=C/[C@H](O)CCC[C@@H](C)C/C=C/C3[C@@H]1O. The first-order chi connectivity index (χ1) is 17.1. The zero-order valence-corrected chi connectivity index (χ0v) is 21.0. The summed E-state index contributed by atoms with van der Waals surface area (Å²) in [5.41, 5.74) is -0.110. The topological polar surface area (TPSA) is 116 Å². The maximum Gasteiger partial charge on any atom is 0.331 e. The number of phenolic OH excluding ortho intramolecular Hbond substituents is 1. The third-order valence-corrected chi connectivity index (χ3v) is 8.13. The van der Waals surface area contributed by atoms with Gasteiger partial charge in [-0.1, -0.05) is 57.6 Å². The number of amides is 1. The summed E-state index contributed by atoms with van der Waals surface area (Å²) < 4.78 is 6.03. The van der Waals surface area contributed by atoms with Crippen molar-refractivity contribution in [2.75, 3.05) is 0 Å². The molecular weight excluding hydrogens is 458 g/mol. The average molecular weight is 496 g/mol. The highest BCUT2D eigenvalue weighted by molar-refractivity contribution is 5.94. The van der Waals surface area contributed by atoms with Crippen LogP contribution >= 0.6 is 0 Å². The number of aliphatic hydroxyl groups excluding tert-OH is 2. The van der Waals surface area contributed by atoms with Crippen LogP contribution in [0.15, 0.2) is 60.7 Å². The largest absolute Gasteiger partial charge is 0.508 e. The minimum Gasteiger partial charge on any atom is -0.508 e. The van der Waals surface area contributed by atoms with Crippen LogP contribution < -0.4 is 5.32 Å². The van der Waals surface area contributed by atoms with Gasteiger partial charge in [0.05, 0.1) is 18.1 Å². The average Bonchev–Trinajstić information content (AvgIpc) is 3.10. The lowest BCUT2D eigenvalue weighted by molar-refractivity contribution is -0.182. The summed E-state index contributed by atoms with van der Waals surface area (Å²) in [7, 11) is 0. The molecular formula is C29H37NO6. The van der Waals surface area contributed by atoms with Crippen LogP contribution in [0.5, 0.6) is 5.75 Å². The number of carbonyl (C=O) groups excluding carboxylic acids is 2. The van der Waals surface area contributed by atoms with Crippen LogP contribution in [0.3, 0.4) is 0 Å². The Bertz CT molecular complexity index is 1050. The molecule has 2 fully saturated rings. The van der Waals surface area contributed by atoms with Crippen molar-refractivity contribution >= 4 is 11.9 Å². The Balaban J connectivity index is 1.77. The van der Waals surface area contributed by atoms with E-state index >= 15 is 0 Å². The van der Waals surface area contributed by atoms with Crippen LogP contribution in [-0.2, 0) is 20.7 Å². The van der Waals surface area contributed by atoms with Gasteiger partial charge in [-0.05, 0) is 60.4 Å². The third kappa shape index (κ3) is 5.00. The van der Waals surface area contributed by atoms with Crippen molar-refractivity contribution in [1.29, 1.82) is 0 Å². The van der Waals surface area contributed by atoms with Crippen LogP contribution in [-0.4, -0.2) is 51.0 Å². The summed E-state index contributed by atoms with van der Waals surface area (Å²) in [6.45, 7) is 8.20. The number of rotatable bonds is 2. The molecule has 3 unspecified atom stereocenters. The number of benzene rings is 1. The van der Waals surface area contributed by atoms with E-state index in [1.165, 1.54) is 12.2 Å².